The minimum absolute atomic E-state index is 0. The van der Waals surface area contributed by atoms with Crippen molar-refractivity contribution in [3.63, 3.8) is 0 Å². The van der Waals surface area contributed by atoms with E-state index in [2.05, 4.69) is 32.7 Å². The highest BCUT2D eigenvalue weighted by Crippen LogP contribution is 2.36. The maximum atomic E-state index is 6.57. The van der Waals surface area contributed by atoms with Crippen molar-refractivity contribution in [1.82, 2.24) is 19.7 Å². The number of rotatable bonds is 2. The zero-order valence-corrected chi connectivity index (χ0v) is 19.3. The van der Waals surface area contributed by atoms with Gasteiger partial charge in [-0.15, -0.1) is 12.4 Å². The van der Waals surface area contributed by atoms with E-state index in [-0.39, 0.29) is 17.8 Å². The van der Waals surface area contributed by atoms with Gasteiger partial charge in [-0.3, -0.25) is 4.68 Å². The second-order valence-electron chi connectivity index (χ2n) is 8.12. The Hall–Kier alpha value is -2.01. The van der Waals surface area contributed by atoms with E-state index < -0.39 is 0 Å². The van der Waals surface area contributed by atoms with Crippen LogP contribution in [0.2, 0.25) is 10.0 Å². The minimum atomic E-state index is -0.0407. The highest BCUT2D eigenvalue weighted by atomic mass is 35.5. The first kappa shape index (κ1) is 21.7. The van der Waals surface area contributed by atoms with Crippen LogP contribution in [0.5, 0.6) is 0 Å². The molecule has 0 aliphatic rings. The normalized spacial score (nSPS) is 11.7. The molecule has 0 spiro atoms. The SMILES string of the molecule is Cc1c(C(C)(C)C)nn(C)c1-c1nc2c(Cl)cc(-c3ccccc3Cl)cc2[nH]1.Cl. The molecule has 0 aliphatic heterocycles. The zero-order valence-electron chi connectivity index (χ0n) is 17.0. The lowest BCUT2D eigenvalue weighted by Gasteiger charge is -2.16. The number of hydrogen-bond donors (Lipinski definition) is 1. The molecule has 2 aromatic heterocycles. The molecule has 152 valence electrons. The van der Waals surface area contributed by atoms with Gasteiger partial charge in [-0.2, -0.15) is 5.10 Å². The van der Waals surface area contributed by atoms with Crippen LogP contribution < -0.4 is 0 Å². The van der Waals surface area contributed by atoms with Crippen LogP contribution in [0.15, 0.2) is 36.4 Å². The molecule has 0 saturated heterocycles. The molecule has 0 aliphatic carbocycles. The van der Waals surface area contributed by atoms with Crippen LogP contribution in [0.4, 0.5) is 0 Å². The molecule has 0 unspecified atom stereocenters. The number of fused-ring (bicyclic) bond motifs is 1. The third kappa shape index (κ3) is 3.77. The summed E-state index contributed by atoms with van der Waals surface area (Å²) in [4.78, 5) is 8.20. The molecule has 0 fully saturated rings. The van der Waals surface area contributed by atoms with Crippen LogP contribution in [0, 0.1) is 6.92 Å². The smallest absolute Gasteiger partial charge is 0.157 e. The Balaban J connectivity index is 0.00000240. The highest BCUT2D eigenvalue weighted by molar-refractivity contribution is 6.36. The molecule has 2 heterocycles. The monoisotopic (exact) mass is 448 g/mol. The second-order valence-corrected chi connectivity index (χ2v) is 8.93. The fourth-order valence-corrected chi connectivity index (χ4v) is 4.22. The summed E-state index contributed by atoms with van der Waals surface area (Å²) in [7, 11) is 1.95. The molecule has 0 saturated carbocycles. The standard InChI is InChI=1S/C22H22Cl2N4.ClH/c1-12-19(28(5)27-20(12)22(2,3)4)21-25-17-11-13(10-16(24)18(17)26-21)14-8-6-7-9-15(14)23;/h6-11H,1-5H3,(H,25,26);1H. The predicted molar refractivity (Wildman–Crippen MR) is 124 cm³/mol. The van der Waals surface area contributed by atoms with E-state index in [1.807, 2.05) is 48.1 Å². The van der Waals surface area contributed by atoms with Crippen molar-refractivity contribution in [2.75, 3.05) is 0 Å². The number of imidazole rings is 1. The first-order valence-corrected chi connectivity index (χ1v) is 9.91. The number of aromatic amines is 1. The second kappa shape index (κ2) is 7.67. The lowest BCUT2D eigenvalue weighted by atomic mass is 9.89. The van der Waals surface area contributed by atoms with E-state index >= 15 is 0 Å². The Kier molecular flexibility index (Phi) is 5.74. The lowest BCUT2D eigenvalue weighted by molar-refractivity contribution is 0.550. The summed E-state index contributed by atoms with van der Waals surface area (Å²) in [5, 5.41) is 6.01. The number of H-pyrrole nitrogens is 1. The van der Waals surface area contributed by atoms with Gasteiger partial charge in [0.05, 0.1) is 16.2 Å². The molecule has 2 aromatic carbocycles. The molecule has 29 heavy (non-hydrogen) atoms. The largest absolute Gasteiger partial charge is 0.337 e. The Labute approximate surface area is 186 Å². The molecule has 0 bridgehead atoms. The Bertz CT molecular complexity index is 1200. The van der Waals surface area contributed by atoms with Crippen molar-refractivity contribution < 1.29 is 0 Å². The molecule has 4 aromatic rings. The van der Waals surface area contributed by atoms with Crippen LogP contribution in [-0.2, 0) is 12.5 Å². The first-order valence-electron chi connectivity index (χ1n) is 9.15. The maximum Gasteiger partial charge on any atom is 0.157 e. The van der Waals surface area contributed by atoms with Crippen molar-refractivity contribution in [3.8, 4) is 22.6 Å². The molecule has 7 heteroatoms. The Morgan fingerprint density at radius 1 is 1.03 bits per heavy atom. The minimum Gasteiger partial charge on any atom is -0.337 e. The van der Waals surface area contributed by atoms with Gasteiger partial charge in [0.1, 0.15) is 11.2 Å². The number of nitrogens with one attached hydrogen (secondary N) is 1. The van der Waals surface area contributed by atoms with E-state index in [9.17, 15) is 0 Å². The lowest BCUT2D eigenvalue weighted by Crippen LogP contribution is -2.13. The van der Waals surface area contributed by atoms with Crippen LogP contribution >= 0.6 is 35.6 Å². The van der Waals surface area contributed by atoms with Crippen LogP contribution in [0.1, 0.15) is 32.0 Å². The van der Waals surface area contributed by atoms with Crippen LogP contribution in [0.25, 0.3) is 33.7 Å². The van der Waals surface area contributed by atoms with Gasteiger partial charge >= 0.3 is 0 Å². The van der Waals surface area contributed by atoms with Gasteiger partial charge in [0.15, 0.2) is 5.82 Å². The molecule has 0 amide bonds. The van der Waals surface area contributed by atoms with Crippen LogP contribution in [-0.4, -0.2) is 19.7 Å². The summed E-state index contributed by atoms with van der Waals surface area (Å²) < 4.78 is 1.89. The summed E-state index contributed by atoms with van der Waals surface area (Å²) in [6.45, 7) is 8.58. The van der Waals surface area contributed by atoms with Gasteiger partial charge in [-0.05, 0) is 30.7 Å². The Morgan fingerprint density at radius 2 is 1.72 bits per heavy atom. The first-order chi connectivity index (χ1) is 13.2. The van der Waals surface area contributed by atoms with Crippen molar-refractivity contribution >= 4 is 46.6 Å². The Morgan fingerprint density at radius 3 is 2.34 bits per heavy atom. The van der Waals surface area contributed by atoms with E-state index in [0.29, 0.717) is 10.0 Å². The zero-order chi connectivity index (χ0) is 20.2. The third-order valence-corrected chi connectivity index (χ3v) is 5.56. The third-order valence-electron chi connectivity index (χ3n) is 4.94. The van der Waals surface area contributed by atoms with E-state index in [1.54, 1.807) is 0 Å². The van der Waals surface area contributed by atoms with Crippen molar-refractivity contribution in [2.24, 2.45) is 7.05 Å². The molecular formula is C22H23Cl3N4. The van der Waals surface area contributed by atoms with Gasteiger partial charge in [0, 0.05) is 28.6 Å². The number of benzene rings is 2. The average Bonchev–Trinajstić information content (AvgIpc) is 3.15. The van der Waals surface area contributed by atoms with Gasteiger partial charge in [-0.1, -0.05) is 62.2 Å². The molecule has 0 radical (unpaired) electrons. The molecule has 0 atom stereocenters. The number of aromatic nitrogens is 4. The molecule has 4 rings (SSSR count). The summed E-state index contributed by atoms with van der Waals surface area (Å²) in [5.74, 6) is 0.760. The summed E-state index contributed by atoms with van der Waals surface area (Å²) in [6.07, 6.45) is 0. The molecule has 1 N–H and O–H groups in total. The van der Waals surface area contributed by atoms with E-state index in [1.165, 1.54) is 0 Å². The topological polar surface area (TPSA) is 46.5 Å². The van der Waals surface area contributed by atoms with Gasteiger partial charge in [-0.25, -0.2) is 4.98 Å². The van der Waals surface area contributed by atoms with Gasteiger partial charge in [0.25, 0.3) is 0 Å². The van der Waals surface area contributed by atoms with Crippen molar-refractivity contribution in [1.29, 1.82) is 0 Å². The number of hydrogen-bond acceptors (Lipinski definition) is 2. The van der Waals surface area contributed by atoms with E-state index in [0.717, 1.165) is 44.9 Å². The summed E-state index contributed by atoms with van der Waals surface area (Å²) in [6, 6.07) is 11.7. The fraction of sp³-hybridized carbons (Fsp3) is 0.273. The average molecular weight is 450 g/mol. The molecular weight excluding hydrogens is 427 g/mol. The number of nitrogens with zero attached hydrogens (tertiary/aromatic N) is 3. The maximum absolute atomic E-state index is 6.57. The number of aryl methyl sites for hydroxylation is 1. The van der Waals surface area contributed by atoms with E-state index in [4.69, 9.17) is 33.3 Å². The van der Waals surface area contributed by atoms with Gasteiger partial charge in [0.2, 0.25) is 0 Å². The predicted octanol–water partition coefficient (Wildman–Crippen LogP) is 6.96. The molecule has 4 nitrogen and oxygen atoms in total. The highest BCUT2D eigenvalue weighted by Gasteiger charge is 2.25. The van der Waals surface area contributed by atoms with Crippen LogP contribution in [0.3, 0.4) is 0 Å². The van der Waals surface area contributed by atoms with Crippen molar-refractivity contribution in [2.45, 2.75) is 33.1 Å². The van der Waals surface area contributed by atoms with Gasteiger partial charge < -0.3 is 4.98 Å². The fourth-order valence-electron chi connectivity index (χ4n) is 3.71. The number of halogens is 3. The summed E-state index contributed by atoms with van der Waals surface area (Å²) in [5.41, 5.74) is 6.62. The van der Waals surface area contributed by atoms with Crippen molar-refractivity contribution in [3.05, 3.63) is 57.7 Å². The quantitative estimate of drug-likeness (QED) is 0.359. The summed E-state index contributed by atoms with van der Waals surface area (Å²) >= 11 is 12.9.